The zero-order chi connectivity index (χ0) is 9.38. The summed E-state index contributed by atoms with van der Waals surface area (Å²) in [5.41, 5.74) is 5.46. The fourth-order valence-corrected chi connectivity index (χ4v) is 1.71. The molecule has 1 aromatic carbocycles. The molecule has 1 N–H and O–H groups in total. The van der Waals surface area contributed by atoms with Crippen molar-refractivity contribution in [1.82, 2.24) is 5.43 Å². The molecular weight excluding hydrogens is 176 g/mol. The summed E-state index contributed by atoms with van der Waals surface area (Å²) in [6.45, 7) is 0.869. The zero-order valence-electron chi connectivity index (χ0n) is 7.60. The van der Waals surface area contributed by atoms with Gasteiger partial charge in [0.2, 0.25) is 0 Å². The number of benzene rings is 1. The van der Waals surface area contributed by atoms with E-state index in [1.54, 1.807) is 6.26 Å². The first-order chi connectivity index (χ1) is 6.95. The van der Waals surface area contributed by atoms with Gasteiger partial charge in [-0.1, -0.05) is 12.1 Å². The van der Waals surface area contributed by atoms with Crippen LogP contribution in [0.4, 0.5) is 5.69 Å². The third-order valence-corrected chi connectivity index (χ3v) is 2.36. The normalized spacial score (nSPS) is 18.0. The average molecular weight is 186 g/mol. The van der Waals surface area contributed by atoms with Crippen LogP contribution in [-0.4, -0.2) is 6.54 Å². The van der Waals surface area contributed by atoms with Gasteiger partial charge in [-0.25, -0.2) is 5.43 Å². The van der Waals surface area contributed by atoms with Crippen LogP contribution in [0.3, 0.4) is 0 Å². The van der Waals surface area contributed by atoms with Gasteiger partial charge in [-0.05, 0) is 24.3 Å². The molecule has 0 amide bonds. The largest absolute Gasteiger partial charge is 0.463 e. The van der Waals surface area contributed by atoms with Gasteiger partial charge >= 0.3 is 0 Å². The fraction of sp³-hybridized carbons (Fsp3) is 0.0909. The molecule has 0 saturated heterocycles. The number of allylic oxidation sites excluding steroid dienone is 1. The minimum atomic E-state index is 0.869. The maximum Gasteiger partial charge on any atom is 0.151 e. The first kappa shape index (κ1) is 7.64. The van der Waals surface area contributed by atoms with Crippen molar-refractivity contribution in [3.8, 4) is 5.75 Å². The van der Waals surface area contributed by atoms with Crippen molar-refractivity contribution >= 4 is 5.69 Å². The summed E-state index contributed by atoms with van der Waals surface area (Å²) in [5, 5.41) is 2.04. The molecule has 0 atom stereocenters. The van der Waals surface area contributed by atoms with Crippen molar-refractivity contribution in [1.29, 1.82) is 0 Å². The number of rotatable bonds is 0. The highest BCUT2D eigenvalue weighted by Gasteiger charge is 2.19. The topological polar surface area (TPSA) is 24.5 Å². The number of anilines is 1. The Balaban J connectivity index is 2.16. The number of hydrogen-bond donors (Lipinski definition) is 1. The molecule has 0 unspecified atom stereocenters. The van der Waals surface area contributed by atoms with Crippen molar-refractivity contribution < 1.29 is 4.74 Å². The molecule has 14 heavy (non-hydrogen) atoms. The van der Waals surface area contributed by atoms with Crippen LogP contribution in [0.5, 0.6) is 5.75 Å². The molecule has 0 aromatic heterocycles. The highest BCUT2D eigenvalue weighted by molar-refractivity contribution is 5.64. The Morgan fingerprint density at radius 3 is 3.21 bits per heavy atom. The molecule has 2 aliphatic rings. The summed E-state index contributed by atoms with van der Waals surface area (Å²) in [5.74, 6) is 0.876. The number of ether oxygens (including phenoxy) is 1. The van der Waals surface area contributed by atoms with E-state index in [0.717, 1.165) is 23.7 Å². The minimum absolute atomic E-state index is 0.869. The molecule has 1 aromatic rings. The van der Waals surface area contributed by atoms with E-state index < -0.39 is 0 Å². The number of fused-ring (bicyclic) bond motifs is 3. The number of hydrazine groups is 1. The first-order valence-electron chi connectivity index (χ1n) is 4.61. The number of nitrogens with one attached hydrogen (secondary N) is 1. The number of hydrogen-bond acceptors (Lipinski definition) is 3. The summed E-state index contributed by atoms with van der Waals surface area (Å²) < 4.78 is 5.48. The van der Waals surface area contributed by atoms with Crippen LogP contribution in [-0.2, 0) is 0 Å². The quantitative estimate of drug-likeness (QED) is 0.668. The highest BCUT2D eigenvalue weighted by atomic mass is 16.5. The molecule has 3 heteroatoms. The van der Waals surface area contributed by atoms with Crippen LogP contribution in [0.1, 0.15) is 0 Å². The lowest BCUT2D eigenvalue weighted by molar-refractivity contribution is 0.484. The van der Waals surface area contributed by atoms with Crippen molar-refractivity contribution in [3.63, 3.8) is 0 Å². The van der Waals surface area contributed by atoms with Gasteiger partial charge in [0.15, 0.2) is 5.75 Å². The van der Waals surface area contributed by atoms with E-state index in [4.69, 9.17) is 4.74 Å². The van der Waals surface area contributed by atoms with Crippen molar-refractivity contribution in [2.45, 2.75) is 0 Å². The molecule has 2 aliphatic heterocycles. The van der Waals surface area contributed by atoms with E-state index in [9.17, 15) is 0 Å². The molecule has 3 nitrogen and oxygen atoms in total. The summed E-state index contributed by atoms with van der Waals surface area (Å²) in [4.78, 5) is 0. The monoisotopic (exact) mass is 186 g/mol. The molecule has 3 rings (SSSR count). The number of para-hydroxylation sites is 2. The molecule has 2 heterocycles. The maximum absolute atomic E-state index is 5.48. The lowest BCUT2D eigenvalue weighted by Crippen LogP contribution is -2.30. The predicted molar refractivity (Wildman–Crippen MR) is 54.8 cm³/mol. The second kappa shape index (κ2) is 2.89. The molecule has 0 saturated carbocycles. The standard InChI is InChI=1S/C11H10N2O/c1-2-4-11-10(3-1)13-9(5-7-12-13)6-8-14-11/h1-6,8,12H,7H2. The van der Waals surface area contributed by atoms with E-state index in [1.807, 2.05) is 35.4 Å². The van der Waals surface area contributed by atoms with Crippen molar-refractivity contribution in [3.05, 3.63) is 48.4 Å². The summed E-state index contributed by atoms with van der Waals surface area (Å²) in [6, 6.07) is 7.97. The zero-order valence-corrected chi connectivity index (χ0v) is 7.60. The van der Waals surface area contributed by atoms with Crippen LogP contribution in [0.15, 0.2) is 48.4 Å². The van der Waals surface area contributed by atoms with Gasteiger partial charge in [0.25, 0.3) is 0 Å². The molecule has 0 radical (unpaired) electrons. The lowest BCUT2D eigenvalue weighted by atomic mass is 10.3. The van der Waals surface area contributed by atoms with Crippen LogP contribution >= 0.6 is 0 Å². The van der Waals surface area contributed by atoms with Gasteiger partial charge in [0, 0.05) is 6.54 Å². The molecule has 0 aliphatic carbocycles. The fourth-order valence-electron chi connectivity index (χ4n) is 1.71. The van der Waals surface area contributed by atoms with E-state index in [0.29, 0.717) is 0 Å². The van der Waals surface area contributed by atoms with Gasteiger partial charge in [0.05, 0.1) is 12.0 Å². The Morgan fingerprint density at radius 1 is 1.29 bits per heavy atom. The Bertz CT molecular complexity index is 423. The van der Waals surface area contributed by atoms with E-state index >= 15 is 0 Å². The third-order valence-electron chi connectivity index (χ3n) is 2.36. The molecule has 70 valence electrons. The van der Waals surface area contributed by atoms with Crippen LogP contribution < -0.4 is 15.2 Å². The van der Waals surface area contributed by atoms with Crippen molar-refractivity contribution in [2.75, 3.05) is 11.6 Å². The molecular formula is C11H10N2O. The van der Waals surface area contributed by atoms with Crippen LogP contribution in [0, 0.1) is 0 Å². The predicted octanol–water partition coefficient (Wildman–Crippen LogP) is 1.80. The summed E-state index contributed by atoms with van der Waals surface area (Å²) in [6.07, 6.45) is 5.81. The molecule has 0 fully saturated rings. The van der Waals surface area contributed by atoms with E-state index in [2.05, 4.69) is 11.5 Å². The number of nitrogens with zero attached hydrogens (tertiary/aromatic N) is 1. The van der Waals surface area contributed by atoms with Gasteiger partial charge in [0.1, 0.15) is 5.69 Å². The summed E-state index contributed by atoms with van der Waals surface area (Å²) in [7, 11) is 0. The van der Waals surface area contributed by atoms with Crippen LogP contribution in [0.25, 0.3) is 0 Å². The van der Waals surface area contributed by atoms with E-state index in [-0.39, 0.29) is 0 Å². The average Bonchev–Trinajstić information content (AvgIpc) is 2.61. The Hall–Kier alpha value is -1.74. The second-order valence-electron chi connectivity index (χ2n) is 3.21. The lowest BCUT2D eigenvalue weighted by Gasteiger charge is -2.20. The van der Waals surface area contributed by atoms with Gasteiger partial charge in [-0.3, -0.25) is 5.01 Å². The second-order valence-corrected chi connectivity index (χ2v) is 3.21. The first-order valence-corrected chi connectivity index (χ1v) is 4.61. The van der Waals surface area contributed by atoms with Gasteiger partial charge in [-0.15, -0.1) is 0 Å². The van der Waals surface area contributed by atoms with Crippen molar-refractivity contribution in [2.24, 2.45) is 0 Å². The minimum Gasteiger partial charge on any atom is -0.463 e. The smallest absolute Gasteiger partial charge is 0.151 e. The Labute approximate surface area is 82.3 Å². The van der Waals surface area contributed by atoms with Gasteiger partial charge < -0.3 is 4.74 Å². The van der Waals surface area contributed by atoms with E-state index in [1.165, 1.54) is 0 Å². The van der Waals surface area contributed by atoms with Crippen LogP contribution in [0.2, 0.25) is 0 Å². The SMILES string of the molecule is C1=CC2=CCNN2c2ccccc2O1. The summed E-state index contributed by atoms with van der Waals surface area (Å²) >= 11 is 0. The Morgan fingerprint density at radius 2 is 2.21 bits per heavy atom. The maximum atomic E-state index is 5.48. The Kier molecular flexibility index (Phi) is 1.58. The van der Waals surface area contributed by atoms with Gasteiger partial charge in [-0.2, -0.15) is 0 Å². The molecule has 0 bridgehead atoms. The highest BCUT2D eigenvalue weighted by Crippen LogP contribution is 2.33. The third kappa shape index (κ3) is 1.03. The molecule has 0 spiro atoms.